The Kier molecular flexibility index (Phi) is 4.85. The van der Waals surface area contributed by atoms with Crippen molar-refractivity contribution in [3.8, 4) is 5.75 Å². The minimum Gasteiger partial charge on any atom is -0.508 e. The first kappa shape index (κ1) is 16.5. The molecule has 3 rings (SSSR count). The molecule has 1 aromatic heterocycles. The third-order valence-electron chi connectivity index (χ3n) is 3.80. The number of fused-ring (bicyclic) bond motifs is 1. The molecule has 0 bridgehead atoms. The number of phenolic OH excluding ortho intramolecular Hbond substituents is 1. The van der Waals surface area contributed by atoms with Gasteiger partial charge in [0.15, 0.2) is 5.43 Å². The van der Waals surface area contributed by atoms with Crippen LogP contribution in [0.4, 0.5) is 0 Å². The lowest BCUT2D eigenvalue weighted by Gasteiger charge is -2.13. The number of para-hydroxylation sites is 1. The maximum Gasteiger partial charge on any atom is 0.189 e. The van der Waals surface area contributed by atoms with Crippen LogP contribution in [-0.2, 0) is 6.54 Å². The number of hydrogen-bond acceptors (Lipinski definition) is 4. The van der Waals surface area contributed by atoms with Gasteiger partial charge in [0, 0.05) is 30.2 Å². The summed E-state index contributed by atoms with van der Waals surface area (Å²) in [4.78, 5) is 15.3. The fraction of sp³-hybridized carbons (Fsp3) is 0.167. The van der Waals surface area contributed by atoms with E-state index in [0.717, 1.165) is 0 Å². The second-order valence-electron chi connectivity index (χ2n) is 5.56. The average Bonchev–Trinajstić information content (AvgIpc) is 2.56. The number of nitrogens with one attached hydrogen (secondary N) is 2. The molecule has 24 heavy (non-hydrogen) atoms. The smallest absolute Gasteiger partial charge is 0.189 e. The molecule has 1 atom stereocenters. The van der Waals surface area contributed by atoms with E-state index < -0.39 is 6.10 Å². The number of aromatic amines is 1. The van der Waals surface area contributed by atoms with E-state index in [0.29, 0.717) is 40.3 Å². The van der Waals surface area contributed by atoms with Crippen molar-refractivity contribution >= 4 is 22.5 Å². The molecule has 0 aliphatic rings. The van der Waals surface area contributed by atoms with Crippen LogP contribution in [0.1, 0.15) is 17.4 Å². The summed E-state index contributed by atoms with van der Waals surface area (Å²) in [6, 6.07) is 13.1. The van der Waals surface area contributed by atoms with E-state index in [9.17, 15) is 15.0 Å². The van der Waals surface area contributed by atoms with E-state index >= 15 is 0 Å². The number of halogens is 1. The molecule has 0 saturated heterocycles. The maximum atomic E-state index is 12.1. The van der Waals surface area contributed by atoms with Gasteiger partial charge in [0.05, 0.1) is 16.6 Å². The number of rotatable bonds is 5. The van der Waals surface area contributed by atoms with Crippen LogP contribution >= 0.6 is 11.6 Å². The number of benzene rings is 2. The number of pyridine rings is 1. The summed E-state index contributed by atoms with van der Waals surface area (Å²) in [5.41, 5.74) is 1.92. The van der Waals surface area contributed by atoms with Crippen LogP contribution in [0.25, 0.3) is 10.9 Å². The number of aromatic nitrogens is 1. The minimum absolute atomic E-state index is 0.0952. The lowest BCUT2D eigenvalue weighted by molar-refractivity contribution is 0.174. The van der Waals surface area contributed by atoms with Gasteiger partial charge in [-0.15, -0.1) is 0 Å². The molecule has 3 aromatic rings. The molecule has 0 amide bonds. The van der Waals surface area contributed by atoms with E-state index in [-0.39, 0.29) is 11.2 Å². The first-order valence-corrected chi connectivity index (χ1v) is 7.90. The Morgan fingerprint density at radius 3 is 2.67 bits per heavy atom. The molecule has 1 heterocycles. The molecule has 0 fully saturated rings. The van der Waals surface area contributed by atoms with Gasteiger partial charge in [-0.2, -0.15) is 0 Å². The van der Waals surface area contributed by atoms with Gasteiger partial charge in [0.25, 0.3) is 0 Å². The second-order valence-corrected chi connectivity index (χ2v) is 5.97. The molecule has 5 nitrogen and oxygen atoms in total. The van der Waals surface area contributed by atoms with Crippen molar-refractivity contribution in [1.82, 2.24) is 10.3 Å². The van der Waals surface area contributed by atoms with Gasteiger partial charge in [0.1, 0.15) is 5.75 Å². The van der Waals surface area contributed by atoms with Crippen LogP contribution in [0, 0.1) is 0 Å². The van der Waals surface area contributed by atoms with Crippen LogP contribution in [-0.4, -0.2) is 21.7 Å². The maximum absolute atomic E-state index is 12.1. The lowest BCUT2D eigenvalue weighted by atomic mass is 10.1. The zero-order chi connectivity index (χ0) is 17.1. The number of phenols is 1. The standard InChI is InChI=1S/C18H17ClN2O3/c19-15-3-1-2-14-16(23)8-12(21-18(14)15)9-20-10-17(24)11-4-6-13(22)7-5-11/h1-8,17,20,22,24H,9-10H2,(H,21,23)/t17-/m0/s1. The molecule has 0 aliphatic heterocycles. The summed E-state index contributed by atoms with van der Waals surface area (Å²) in [6.07, 6.45) is -0.707. The number of hydrogen-bond donors (Lipinski definition) is 4. The minimum atomic E-state index is -0.707. The Hall–Kier alpha value is -2.34. The van der Waals surface area contributed by atoms with Crippen LogP contribution in [0.3, 0.4) is 0 Å². The van der Waals surface area contributed by atoms with Gasteiger partial charge in [-0.05, 0) is 29.8 Å². The number of aliphatic hydroxyl groups excluding tert-OH is 1. The molecule has 0 radical (unpaired) electrons. The average molecular weight is 345 g/mol. The monoisotopic (exact) mass is 344 g/mol. The molecule has 124 valence electrons. The normalized spacial score (nSPS) is 12.4. The molecule has 0 aliphatic carbocycles. The summed E-state index contributed by atoms with van der Waals surface area (Å²) in [5.74, 6) is 0.157. The molecule has 0 unspecified atom stereocenters. The fourth-order valence-electron chi connectivity index (χ4n) is 2.54. The van der Waals surface area contributed by atoms with Gasteiger partial charge in [0.2, 0.25) is 0 Å². The van der Waals surface area contributed by atoms with Crippen molar-refractivity contribution in [2.24, 2.45) is 0 Å². The Morgan fingerprint density at radius 1 is 1.17 bits per heavy atom. The largest absolute Gasteiger partial charge is 0.508 e. The summed E-state index contributed by atoms with van der Waals surface area (Å²) in [6.45, 7) is 0.707. The van der Waals surface area contributed by atoms with Gasteiger partial charge < -0.3 is 20.5 Å². The third-order valence-corrected chi connectivity index (χ3v) is 4.12. The summed E-state index contributed by atoms with van der Waals surface area (Å²) < 4.78 is 0. The van der Waals surface area contributed by atoms with E-state index in [4.69, 9.17) is 11.6 Å². The summed E-state index contributed by atoms with van der Waals surface area (Å²) >= 11 is 6.13. The van der Waals surface area contributed by atoms with Crippen molar-refractivity contribution in [3.05, 3.63) is 75.0 Å². The van der Waals surface area contributed by atoms with Crippen LogP contribution in [0.5, 0.6) is 5.75 Å². The van der Waals surface area contributed by atoms with Crippen molar-refractivity contribution in [3.63, 3.8) is 0 Å². The topological polar surface area (TPSA) is 85.3 Å². The first-order chi connectivity index (χ1) is 11.5. The highest BCUT2D eigenvalue weighted by molar-refractivity contribution is 6.35. The van der Waals surface area contributed by atoms with E-state index in [1.165, 1.54) is 18.2 Å². The Balaban J connectivity index is 1.68. The molecule has 2 aromatic carbocycles. The Bertz CT molecular complexity index is 906. The Morgan fingerprint density at radius 2 is 1.92 bits per heavy atom. The van der Waals surface area contributed by atoms with Gasteiger partial charge in [-0.3, -0.25) is 4.79 Å². The van der Waals surface area contributed by atoms with Crippen LogP contribution < -0.4 is 10.7 Å². The molecule has 4 N–H and O–H groups in total. The second kappa shape index (κ2) is 7.05. The summed E-state index contributed by atoms with van der Waals surface area (Å²) in [5, 5.41) is 23.5. The van der Waals surface area contributed by atoms with Gasteiger partial charge in [-0.1, -0.05) is 29.8 Å². The molecule has 0 spiro atoms. The number of aliphatic hydroxyl groups is 1. The Labute approximate surface area is 143 Å². The number of H-pyrrole nitrogens is 1. The van der Waals surface area contributed by atoms with Crippen molar-refractivity contribution < 1.29 is 10.2 Å². The molecular formula is C18H17ClN2O3. The zero-order valence-corrected chi connectivity index (χ0v) is 13.5. The predicted octanol–water partition coefficient (Wildman–Crippen LogP) is 2.71. The SMILES string of the molecule is O=c1cc(CNC[C@H](O)c2ccc(O)cc2)[nH]c2c(Cl)cccc12. The van der Waals surface area contributed by atoms with Crippen LogP contribution in [0.2, 0.25) is 5.02 Å². The zero-order valence-electron chi connectivity index (χ0n) is 12.8. The highest BCUT2D eigenvalue weighted by Crippen LogP contribution is 2.19. The van der Waals surface area contributed by atoms with Crippen molar-refractivity contribution in [1.29, 1.82) is 0 Å². The van der Waals surface area contributed by atoms with E-state index in [1.54, 1.807) is 30.3 Å². The quantitative estimate of drug-likeness (QED) is 0.573. The van der Waals surface area contributed by atoms with Crippen molar-refractivity contribution in [2.75, 3.05) is 6.54 Å². The molecule has 0 saturated carbocycles. The first-order valence-electron chi connectivity index (χ1n) is 7.53. The molecular weight excluding hydrogens is 328 g/mol. The highest BCUT2D eigenvalue weighted by Gasteiger charge is 2.08. The van der Waals surface area contributed by atoms with Gasteiger partial charge in [-0.25, -0.2) is 0 Å². The predicted molar refractivity (Wildman–Crippen MR) is 94.4 cm³/mol. The van der Waals surface area contributed by atoms with Gasteiger partial charge >= 0.3 is 0 Å². The van der Waals surface area contributed by atoms with Crippen molar-refractivity contribution in [2.45, 2.75) is 12.6 Å². The number of aromatic hydroxyl groups is 1. The lowest BCUT2D eigenvalue weighted by Crippen LogP contribution is -2.22. The highest BCUT2D eigenvalue weighted by atomic mass is 35.5. The summed E-state index contributed by atoms with van der Waals surface area (Å²) in [7, 11) is 0. The van der Waals surface area contributed by atoms with E-state index in [2.05, 4.69) is 10.3 Å². The van der Waals surface area contributed by atoms with E-state index in [1.807, 2.05) is 0 Å². The fourth-order valence-corrected chi connectivity index (χ4v) is 2.76. The molecule has 6 heteroatoms. The van der Waals surface area contributed by atoms with Crippen LogP contribution in [0.15, 0.2) is 53.3 Å². The third kappa shape index (κ3) is 3.59.